The Morgan fingerprint density at radius 3 is 2.50 bits per heavy atom. The van der Waals surface area contributed by atoms with Crippen LogP contribution < -0.4 is 4.74 Å². The average Bonchev–Trinajstić information content (AvgIpc) is 2.39. The summed E-state index contributed by atoms with van der Waals surface area (Å²) in [5.74, 6) is 1.02. The van der Waals surface area contributed by atoms with E-state index in [2.05, 4.69) is 24.1 Å². The van der Waals surface area contributed by atoms with Crippen LogP contribution in [0.5, 0.6) is 5.75 Å². The normalized spacial score (nSPS) is 20.8. The highest BCUT2D eigenvalue weighted by atomic mass is 16.5. The first kappa shape index (κ1) is 12.9. The summed E-state index contributed by atoms with van der Waals surface area (Å²) in [5.41, 5.74) is 1.23. The number of hydrogen-bond acceptors (Lipinski definition) is 3. The van der Waals surface area contributed by atoms with Gasteiger partial charge in [0, 0.05) is 26.6 Å². The van der Waals surface area contributed by atoms with Crippen molar-refractivity contribution in [2.24, 2.45) is 0 Å². The molecule has 0 bridgehead atoms. The van der Waals surface area contributed by atoms with E-state index in [9.17, 15) is 4.79 Å². The lowest BCUT2D eigenvalue weighted by Crippen LogP contribution is -2.48. The zero-order chi connectivity index (χ0) is 13.1. The van der Waals surface area contributed by atoms with Crippen LogP contribution in [0.1, 0.15) is 18.5 Å². The predicted octanol–water partition coefficient (Wildman–Crippen LogP) is 1.53. The number of likely N-dealkylation sites (N-methyl/N-ethyl adjacent to an activating group) is 1. The zero-order valence-electron chi connectivity index (χ0n) is 11.2. The molecule has 0 aliphatic carbocycles. The number of amides is 1. The second-order valence-corrected chi connectivity index (χ2v) is 4.73. The van der Waals surface area contributed by atoms with E-state index in [4.69, 9.17) is 4.74 Å². The van der Waals surface area contributed by atoms with Crippen molar-refractivity contribution >= 4 is 5.91 Å². The molecule has 98 valence electrons. The van der Waals surface area contributed by atoms with E-state index in [1.165, 1.54) is 5.56 Å². The third kappa shape index (κ3) is 2.64. The Hall–Kier alpha value is -1.55. The highest BCUT2D eigenvalue weighted by Crippen LogP contribution is 2.25. The van der Waals surface area contributed by atoms with Gasteiger partial charge in [0.15, 0.2) is 0 Å². The molecule has 0 radical (unpaired) electrons. The molecular weight excluding hydrogens is 228 g/mol. The maximum absolute atomic E-state index is 11.5. The van der Waals surface area contributed by atoms with Gasteiger partial charge in [0.25, 0.3) is 0 Å². The van der Waals surface area contributed by atoms with Gasteiger partial charge >= 0.3 is 0 Å². The second-order valence-electron chi connectivity index (χ2n) is 4.73. The van der Waals surface area contributed by atoms with Crippen molar-refractivity contribution in [1.29, 1.82) is 0 Å². The van der Waals surface area contributed by atoms with Crippen LogP contribution in [0, 0.1) is 0 Å². The van der Waals surface area contributed by atoms with E-state index in [-0.39, 0.29) is 11.9 Å². The van der Waals surface area contributed by atoms with Crippen molar-refractivity contribution in [3.63, 3.8) is 0 Å². The molecule has 4 nitrogen and oxygen atoms in total. The molecule has 18 heavy (non-hydrogen) atoms. The van der Waals surface area contributed by atoms with E-state index in [0.717, 1.165) is 25.4 Å². The fourth-order valence-corrected chi connectivity index (χ4v) is 2.35. The van der Waals surface area contributed by atoms with Gasteiger partial charge in [-0.2, -0.15) is 0 Å². The number of nitrogens with zero attached hydrogens (tertiary/aromatic N) is 2. The first-order chi connectivity index (χ1) is 8.61. The summed E-state index contributed by atoms with van der Waals surface area (Å²) in [4.78, 5) is 15.7. The Morgan fingerprint density at radius 1 is 1.28 bits per heavy atom. The smallest absolute Gasteiger partial charge is 0.219 e. The Balaban J connectivity index is 2.15. The van der Waals surface area contributed by atoms with Gasteiger partial charge in [-0.25, -0.2) is 0 Å². The fourth-order valence-electron chi connectivity index (χ4n) is 2.35. The van der Waals surface area contributed by atoms with Gasteiger partial charge in [-0.3, -0.25) is 9.69 Å². The number of methoxy groups -OCH3 is 1. The molecule has 1 amide bonds. The Kier molecular flexibility index (Phi) is 3.87. The first-order valence-electron chi connectivity index (χ1n) is 6.21. The first-order valence-corrected chi connectivity index (χ1v) is 6.21. The third-order valence-electron chi connectivity index (χ3n) is 3.59. The van der Waals surface area contributed by atoms with Crippen LogP contribution in [0.25, 0.3) is 0 Å². The third-order valence-corrected chi connectivity index (χ3v) is 3.59. The SMILES string of the molecule is COc1ccc([C@@H]2CN(C(C)=O)CCN2C)cc1. The highest BCUT2D eigenvalue weighted by Gasteiger charge is 2.26. The van der Waals surface area contributed by atoms with Crippen molar-refractivity contribution < 1.29 is 9.53 Å². The molecule has 0 aromatic heterocycles. The molecule has 1 atom stereocenters. The topological polar surface area (TPSA) is 32.8 Å². The van der Waals surface area contributed by atoms with Crippen LogP contribution in [0.2, 0.25) is 0 Å². The van der Waals surface area contributed by atoms with Crippen molar-refractivity contribution in [3.8, 4) is 5.75 Å². The molecule has 1 fully saturated rings. The molecule has 0 N–H and O–H groups in total. The van der Waals surface area contributed by atoms with Gasteiger partial charge in [-0.05, 0) is 24.7 Å². The van der Waals surface area contributed by atoms with Crippen molar-refractivity contribution in [3.05, 3.63) is 29.8 Å². The van der Waals surface area contributed by atoms with Crippen LogP contribution in [-0.4, -0.2) is 49.5 Å². The van der Waals surface area contributed by atoms with Crippen molar-refractivity contribution in [2.75, 3.05) is 33.8 Å². The number of ether oxygens (including phenoxy) is 1. The molecular formula is C14H20N2O2. The minimum Gasteiger partial charge on any atom is -0.497 e. The van der Waals surface area contributed by atoms with E-state index < -0.39 is 0 Å². The summed E-state index contributed by atoms with van der Waals surface area (Å²) in [6.07, 6.45) is 0. The van der Waals surface area contributed by atoms with Gasteiger partial charge in [-0.1, -0.05) is 12.1 Å². The zero-order valence-corrected chi connectivity index (χ0v) is 11.2. The van der Waals surface area contributed by atoms with Crippen LogP contribution in [0.4, 0.5) is 0 Å². The molecule has 2 rings (SSSR count). The highest BCUT2D eigenvalue weighted by molar-refractivity contribution is 5.73. The summed E-state index contributed by atoms with van der Waals surface area (Å²) in [7, 11) is 3.77. The van der Waals surface area contributed by atoms with E-state index in [1.807, 2.05) is 17.0 Å². The molecule has 0 unspecified atom stereocenters. The van der Waals surface area contributed by atoms with Crippen molar-refractivity contribution in [2.45, 2.75) is 13.0 Å². The number of benzene rings is 1. The molecule has 4 heteroatoms. The Labute approximate surface area is 108 Å². The van der Waals surface area contributed by atoms with Crippen LogP contribution in [-0.2, 0) is 4.79 Å². The van der Waals surface area contributed by atoms with Gasteiger partial charge in [0.05, 0.1) is 13.2 Å². The molecule has 1 aromatic carbocycles. The lowest BCUT2D eigenvalue weighted by molar-refractivity contribution is -0.131. The van der Waals surface area contributed by atoms with Gasteiger partial charge < -0.3 is 9.64 Å². The quantitative estimate of drug-likeness (QED) is 0.795. The largest absolute Gasteiger partial charge is 0.497 e. The number of hydrogen-bond donors (Lipinski definition) is 0. The second kappa shape index (κ2) is 5.40. The lowest BCUT2D eigenvalue weighted by Gasteiger charge is -2.39. The number of piperazine rings is 1. The number of carbonyl (C=O) groups is 1. The Morgan fingerprint density at radius 2 is 1.94 bits per heavy atom. The number of carbonyl (C=O) groups excluding carboxylic acids is 1. The minimum absolute atomic E-state index is 0.154. The predicted molar refractivity (Wildman–Crippen MR) is 70.6 cm³/mol. The molecule has 1 aliphatic rings. The fraction of sp³-hybridized carbons (Fsp3) is 0.500. The Bertz CT molecular complexity index is 416. The minimum atomic E-state index is 0.154. The monoisotopic (exact) mass is 248 g/mol. The van der Waals surface area contributed by atoms with Crippen LogP contribution in [0.3, 0.4) is 0 Å². The average molecular weight is 248 g/mol. The summed E-state index contributed by atoms with van der Waals surface area (Å²) in [5, 5.41) is 0. The van der Waals surface area contributed by atoms with E-state index in [1.54, 1.807) is 14.0 Å². The molecule has 1 saturated heterocycles. The molecule has 1 aromatic rings. The van der Waals surface area contributed by atoms with Crippen LogP contribution >= 0.6 is 0 Å². The van der Waals surface area contributed by atoms with Gasteiger partial charge in [0.1, 0.15) is 5.75 Å². The number of rotatable bonds is 2. The molecule has 1 heterocycles. The summed E-state index contributed by atoms with van der Waals surface area (Å²) < 4.78 is 5.16. The standard InChI is InChI=1S/C14H20N2O2/c1-11(17)16-9-8-15(2)14(10-16)12-4-6-13(18-3)7-5-12/h4-7,14H,8-10H2,1-3H3/t14-/m0/s1. The van der Waals surface area contributed by atoms with Crippen molar-refractivity contribution in [1.82, 2.24) is 9.80 Å². The van der Waals surface area contributed by atoms with E-state index in [0.29, 0.717) is 0 Å². The summed E-state index contributed by atoms with van der Waals surface area (Å²) in [6, 6.07) is 8.35. The van der Waals surface area contributed by atoms with Gasteiger partial charge in [-0.15, -0.1) is 0 Å². The summed E-state index contributed by atoms with van der Waals surface area (Å²) in [6.45, 7) is 4.13. The maximum atomic E-state index is 11.5. The molecule has 0 spiro atoms. The summed E-state index contributed by atoms with van der Waals surface area (Å²) >= 11 is 0. The lowest BCUT2D eigenvalue weighted by atomic mass is 10.0. The van der Waals surface area contributed by atoms with Crippen LogP contribution in [0.15, 0.2) is 24.3 Å². The van der Waals surface area contributed by atoms with E-state index >= 15 is 0 Å². The molecule has 0 saturated carbocycles. The molecule has 1 aliphatic heterocycles. The van der Waals surface area contributed by atoms with Gasteiger partial charge in [0.2, 0.25) is 5.91 Å². The maximum Gasteiger partial charge on any atom is 0.219 e.